The van der Waals surface area contributed by atoms with Gasteiger partial charge in [-0.1, -0.05) is 13.8 Å². The molecule has 2 unspecified atom stereocenters. The first-order chi connectivity index (χ1) is 9.17. The van der Waals surface area contributed by atoms with Gasteiger partial charge in [-0.2, -0.15) is 5.10 Å². The summed E-state index contributed by atoms with van der Waals surface area (Å²) in [6.07, 6.45) is 4.73. The lowest BCUT2D eigenvalue weighted by molar-refractivity contribution is -0.0898. The van der Waals surface area contributed by atoms with Crippen molar-refractivity contribution in [1.82, 2.24) is 14.7 Å². The largest absolute Gasteiger partial charge is 0.372 e. The molecule has 0 radical (unpaired) electrons. The first-order valence-corrected chi connectivity index (χ1v) is 7.25. The number of ether oxygens (including phenoxy) is 1. The number of morpholine rings is 1. The fourth-order valence-corrected chi connectivity index (χ4v) is 2.68. The van der Waals surface area contributed by atoms with Crippen LogP contribution in [0, 0.1) is 0 Å². The lowest BCUT2D eigenvalue weighted by atomic mass is 10.1. The van der Waals surface area contributed by atoms with E-state index in [2.05, 4.69) is 23.8 Å². The molecule has 2 atom stereocenters. The van der Waals surface area contributed by atoms with Gasteiger partial charge in [0.25, 0.3) is 0 Å². The molecule has 2 rings (SSSR count). The highest BCUT2D eigenvalue weighted by Crippen LogP contribution is 2.19. The molecule has 1 fully saturated rings. The number of nitrogens with zero attached hydrogens (tertiary/aromatic N) is 3. The van der Waals surface area contributed by atoms with Gasteiger partial charge >= 0.3 is 0 Å². The first kappa shape index (κ1) is 14.5. The van der Waals surface area contributed by atoms with Gasteiger partial charge in [0.05, 0.1) is 24.1 Å². The predicted octanol–water partition coefficient (Wildman–Crippen LogP) is 1.27. The van der Waals surface area contributed by atoms with Crippen LogP contribution in [-0.2, 0) is 24.9 Å². The average Bonchev–Trinajstić information content (AvgIpc) is 2.79. The summed E-state index contributed by atoms with van der Waals surface area (Å²) in [7, 11) is 1.99. The van der Waals surface area contributed by atoms with Gasteiger partial charge in [-0.25, -0.2) is 0 Å². The second kappa shape index (κ2) is 6.50. The van der Waals surface area contributed by atoms with Crippen LogP contribution in [0.1, 0.15) is 37.9 Å². The lowest BCUT2D eigenvalue weighted by Gasteiger charge is -2.37. The minimum absolute atomic E-state index is 0.355. The van der Waals surface area contributed by atoms with Gasteiger partial charge in [0, 0.05) is 38.8 Å². The van der Waals surface area contributed by atoms with E-state index in [-0.39, 0.29) is 0 Å². The van der Waals surface area contributed by atoms with Crippen molar-refractivity contribution < 1.29 is 4.74 Å². The number of aromatic nitrogens is 2. The third-order valence-electron chi connectivity index (χ3n) is 3.96. The Bertz CT molecular complexity index is 392. The third-order valence-corrected chi connectivity index (χ3v) is 3.96. The Balaban J connectivity index is 2.06. The van der Waals surface area contributed by atoms with Crippen molar-refractivity contribution in [1.29, 1.82) is 0 Å². The van der Waals surface area contributed by atoms with Crippen molar-refractivity contribution >= 4 is 0 Å². The van der Waals surface area contributed by atoms with Crippen LogP contribution < -0.4 is 5.73 Å². The molecule has 2 heterocycles. The molecule has 2 N–H and O–H groups in total. The molecule has 5 nitrogen and oxygen atoms in total. The predicted molar refractivity (Wildman–Crippen MR) is 75.6 cm³/mol. The van der Waals surface area contributed by atoms with Crippen LogP contribution in [0.4, 0.5) is 0 Å². The fourth-order valence-electron chi connectivity index (χ4n) is 2.68. The monoisotopic (exact) mass is 266 g/mol. The van der Waals surface area contributed by atoms with E-state index in [1.165, 1.54) is 5.69 Å². The molecular weight excluding hydrogens is 240 g/mol. The van der Waals surface area contributed by atoms with Gasteiger partial charge in [0.15, 0.2) is 0 Å². The summed E-state index contributed by atoms with van der Waals surface area (Å²) in [5, 5.41) is 4.31. The van der Waals surface area contributed by atoms with E-state index in [1.807, 2.05) is 17.9 Å². The first-order valence-electron chi connectivity index (χ1n) is 7.25. The van der Waals surface area contributed by atoms with E-state index in [4.69, 9.17) is 10.5 Å². The molecule has 0 spiro atoms. The molecule has 19 heavy (non-hydrogen) atoms. The molecule has 0 aliphatic carbocycles. The smallest absolute Gasteiger partial charge is 0.0703 e. The standard InChI is InChI=1S/C14H26N4O/c1-4-12-8-18(9-13(5-2)19-12)10-14-11(6-15)7-16-17(14)3/h7,12-13H,4-6,8-10,15H2,1-3H3. The van der Waals surface area contributed by atoms with Crippen molar-refractivity contribution in [2.75, 3.05) is 13.1 Å². The van der Waals surface area contributed by atoms with Crippen LogP contribution in [-0.4, -0.2) is 40.0 Å². The summed E-state index contributed by atoms with van der Waals surface area (Å²) in [4.78, 5) is 2.47. The van der Waals surface area contributed by atoms with Crippen LogP contribution >= 0.6 is 0 Å². The number of hydrogen-bond acceptors (Lipinski definition) is 4. The van der Waals surface area contributed by atoms with Crippen LogP contribution in [0.15, 0.2) is 6.20 Å². The molecule has 1 saturated heterocycles. The molecule has 0 aromatic carbocycles. The number of nitrogens with two attached hydrogens (primary N) is 1. The van der Waals surface area contributed by atoms with E-state index in [0.717, 1.165) is 38.0 Å². The van der Waals surface area contributed by atoms with Crippen molar-refractivity contribution in [3.05, 3.63) is 17.5 Å². The van der Waals surface area contributed by atoms with Crippen molar-refractivity contribution in [3.8, 4) is 0 Å². The minimum Gasteiger partial charge on any atom is -0.372 e. The van der Waals surface area contributed by atoms with Crippen molar-refractivity contribution in [3.63, 3.8) is 0 Å². The van der Waals surface area contributed by atoms with Crippen LogP contribution in [0.25, 0.3) is 0 Å². The Morgan fingerprint density at radius 2 is 1.95 bits per heavy atom. The molecule has 1 aromatic heterocycles. The van der Waals surface area contributed by atoms with Gasteiger partial charge in [0.1, 0.15) is 0 Å². The third kappa shape index (κ3) is 3.35. The summed E-state index contributed by atoms with van der Waals surface area (Å²) in [6.45, 7) is 7.86. The zero-order valence-electron chi connectivity index (χ0n) is 12.3. The van der Waals surface area contributed by atoms with Gasteiger partial charge < -0.3 is 10.5 Å². The Morgan fingerprint density at radius 1 is 1.32 bits per heavy atom. The molecule has 0 saturated carbocycles. The number of aryl methyl sites for hydroxylation is 1. The van der Waals surface area contributed by atoms with Gasteiger partial charge in [-0.15, -0.1) is 0 Å². The molecule has 1 aliphatic rings. The van der Waals surface area contributed by atoms with E-state index < -0.39 is 0 Å². The fraction of sp³-hybridized carbons (Fsp3) is 0.786. The summed E-state index contributed by atoms with van der Waals surface area (Å²) < 4.78 is 7.98. The van der Waals surface area contributed by atoms with E-state index in [9.17, 15) is 0 Å². The quantitative estimate of drug-likeness (QED) is 0.872. The highest BCUT2D eigenvalue weighted by Gasteiger charge is 2.26. The van der Waals surface area contributed by atoms with Crippen LogP contribution in [0.3, 0.4) is 0 Å². The highest BCUT2D eigenvalue weighted by molar-refractivity contribution is 5.17. The highest BCUT2D eigenvalue weighted by atomic mass is 16.5. The normalized spacial score (nSPS) is 24.8. The summed E-state index contributed by atoms with van der Waals surface area (Å²) in [5.74, 6) is 0. The maximum Gasteiger partial charge on any atom is 0.0703 e. The molecular formula is C14H26N4O. The average molecular weight is 266 g/mol. The van der Waals surface area contributed by atoms with E-state index >= 15 is 0 Å². The SMILES string of the molecule is CCC1CN(Cc2c(CN)cnn2C)CC(CC)O1. The summed E-state index contributed by atoms with van der Waals surface area (Å²) >= 11 is 0. The maximum atomic E-state index is 6.03. The molecule has 5 heteroatoms. The maximum absolute atomic E-state index is 6.03. The van der Waals surface area contributed by atoms with Gasteiger partial charge in [0.2, 0.25) is 0 Å². The number of hydrogen-bond donors (Lipinski definition) is 1. The second-order valence-corrected chi connectivity index (χ2v) is 5.33. The Morgan fingerprint density at radius 3 is 2.47 bits per heavy atom. The molecule has 108 valence electrons. The minimum atomic E-state index is 0.355. The lowest BCUT2D eigenvalue weighted by Crippen LogP contribution is -2.47. The van der Waals surface area contributed by atoms with Crippen LogP contribution in [0.2, 0.25) is 0 Å². The molecule has 1 aromatic rings. The van der Waals surface area contributed by atoms with Gasteiger partial charge in [-0.05, 0) is 12.8 Å². The Labute approximate surface area is 115 Å². The zero-order chi connectivity index (χ0) is 13.8. The number of rotatable bonds is 5. The molecule has 0 bridgehead atoms. The molecule has 0 amide bonds. The summed E-state index contributed by atoms with van der Waals surface area (Å²) in [6, 6.07) is 0. The zero-order valence-corrected chi connectivity index (χ0v) is 12.3. The second-order valence-electron chi connectivity index (χ2n) is 5.33. The molecule has 1 aliphatic heterocycles. The van der Waals surface area contributed by atoms with Crippen molar-refractivity contribution in [2.45, 2.75) is 52.0 Å². The topological polar surface area (TPSA) is 56.3 Å². The van der Waals surface area contributed by atoms with E-state index in [1.54, 1.807) is 0 Å². The van der Waals surface area contributed by atoms with Gasteiger partial charge in [-0.3, -0.25) is 9.58 Å². The van der Waals surface area contributed by atoms with Crippen molar-refractivity contribution in [2.24, 2.45) is 12.8 Å². The summed E-state index contributed by atoms with van der Waals surface area (Å²) in [5.41, 5.74) is 8.16. The van der Waals surface area contributed by atoms with E-state index in [0.29, 0.717) is 18.8 Å². The Hall–Kier alpha value is -0.910. The Kier molecular flexibility index (Phi) is 4.96. The van der Waals surface area contributed by atoms with Crippen LogP contribution in [0.5, 0.6) is 0 Å².